The summed E-state index contributed by atoms with van der Waals surface area (Å²) in [5.41, 5.74) is 2.15. The summed E-state index contributed by atoms with van der Waals surface area (Å²) in [6.45, 7) is 11.3. The van der Waals surface area contributed by atoms with E-state index in [0.717, 1.165) is 47.7 Å². The molecule has 39 heavy (non-hydrogen) atoms. The molecule has 0 bridgehead atoms. The molecule has 1 saturated heterocycles. The lowest BCUT2D eigenvalue weighted by atomic mass is 9.98. The number of likely N-dealkylation sites (tertiary alicyclic amines) is 1. The molecule has 8 nitrogen and oxygen atoms in total. The predicted molar refractivity (Wildman–Crippen MR) is 159 cm³/mol. The van der Waals surface area contributed by atoms with Crippen LogP contribution in [0.4, 0.5) is 0 Å². The fourth-order valence-electron chi connectivity index (χ4n) is 4.69. The maximum Gasteiger partial charge on any atom is 0.243 e. The third kappa shape index (κ3) is 9.72. The highest BCUT2D eigenvalue weighted by molar-refractivity contribution is 7.18. The second-order valence-electron chi connectivity index (χ2n) is 10.5. The second-order valence-corrected chi connectivity index (χ2v) is 11.6. The second kappa shape index (κ2) is 15.7. The molecule has 3 atom stereocenters. The van der Waals surface area contributed by atoms with Gasteiger partial charge in [-0.05, 0) is 56.0 Å². The Morgan fingerprint density at radius 2 is 1.87 bits per heavy atom. The maximum absolute atomic E-state index is 13.5. The zero-order valence-corrected chi connectivity index (χ0v) is 24.7. The summed E-state index contributed by atoms with van der Waals surface area (Å²) >= 11 is 1.56. The van der Waals surface area contributed by atoms with Crippen LogP contribution in [0.15, 0.2) is 30.4 Å². The standard InChI is InChI=1S/C30H45N5O3S/c1-5-21(4)25(20-31-28(37)12-11-17-35-15-9-8-10-16-35)34-30(38)24(32-27(36)7-3)19-29-33-23-14-13-22(6-2)18-26(23)39-29/h11-14,18,21,24-25H,5-10,15-17,19-20H2,1-4H3,(H,31,37)(H,32,36)(H,34,38)/b12-11+/t21-,24-,25+/m0/s1. The molecule has 0 radical (unpaired) electrons. The number of carbonyl (C=O) groups is 3. The van der Waals surface area contributed by atoms with Crippen molar-refractivity contribution in [2.24, 2.45) is 5.92 Å². The molecule has 0 saturated carbocycles. The molecule has 214 valence electrons. The highest BCUT2D eigenvalue weighted by Gasteiger charge is 2.27. The molecule has 3 rings (SSSR count). The minimum atomic E-state index is -0.740. The van der Waals surface area contributed by atoms with Crippen LogP contribution in [0, 0.1) is 5.92 Å². The Bertz CT molecular complexity index is 1120. The highest BCUT2D eigenvalue weighted by atomic mass is 32.1. The minimum Gasteiger partial charge on any atom is -0.350 e. The third-order valence-electron chi connectivity index (χ3n) is 7.49. The van der Waals surface area contributed by atoms with E-state index >= 15 is 0 Å². The van der Waals surface area contributed by atoms with Crippen molar-refractivity contribution in [3.63, 3.8) is 0 Å². The van der Waals surface area contributed by atoms with Gasteiger partial charge in [-0.15, -0.1) is 11.3 Å². The lowest BCUT2D eigenvalue weighted by Gasteiger charge is -2.27. The number of carbonyl (C=O) groups excluding carboxylic acids is 3. The van der Waals surface area contributed by atoms with Gasteiger partial charge in [-0.1, -0.05) is 52.7 Å². The smallest absolute Gasteiger partial charge is 0.243 e. The number of thiazole rings is 1. The van der Waals surface area contributed by atoms with E-state index < -0.39 is 6.04 Å². The van der Waals surface area contributed by atoms with Gasteiger partial charge >= 0.3 is 0 Å². The summed E-state index contributed by atoms with van der Waals surface area (Å²) in [5, 5.41) is 9.75. The summed E-state index contributed by atoms with van der Waals surface area (Å²) in [7, 11) is 0. The highest BCUT2D eigenvalue weighted by Crippen LogP contribution is 2.24. The zero-order valence-electron chi connectivity index (χ0n) is 23.9. The van der Waals surface area contributed by atoms with Gasteiger partial charge in [0, 0.05) is 38.0 Å². The normalized spacial score (nSPS) is 16.6. The van der Waals surface area contributed by atoms with Gasteiger partial charge in [0.05, 0.1) is 15.2 Å². The Kier molecular flexibility index (Phi) is 12.4. The van der Waals surface area contributed by atoms with Crippen LogP contribution in [0.25, 0.3) is 10.2 Å². The van der Waals surface area contributed by atoms with Gasteiger partial charge in [0.15, 0.2) is 0 Å². The molecule has 1 aromatic heterocycles. The van der Waals surface area contributed by atoms with Crippen molar-refractivity contribution in [3.8, 4) is 0 Å². The van der Waals surface area contributed by atoms with Crippen LogP contribution in [0.3, 0.4) is 0 Å². The van der Waals surface area contributed by atoms with E-state index in [-0.39, 0.29) is 36.1 Å². The van der Waals surface area contributed by atoms with Gasteiger partial charge in [-0.25, -0.2) is 4.98 Å². The Morgan fingerprint density at radius 1 is 1.10 bits per heavy atom. The van der Waals surface area contributed by atoms with Crippen LogP contribution in [0.5, 0.6) is 0 Å². The monoisotopic (exact) mass is 555 g/mol. The van der Waals surface area contributed by atoms with Gasteiger partial charge in [-0.3, -0.25) is 19.3 Å². The molecular weight excluding hydrogens is 510 g/mol. The number of aryl methyl sites for hydroxylation is 1. The lowest BCUT2D eigenvalue weighted by Crippen LogP contribution is -2.54. The topological polar surface area (TPSA) is 103 Å². The first-order chi connectivity index (χ1) is 18.8. The zero-order chi connectivity index (χ0) is 28.2. The summed E-state index contributed by atoms with van der Waals surface area (Å²) in [6, 6.07) is 5.22. The minimum absolute atomic E-state index is 0.143. The molecule has 3 N–H and O–H groups in total. The third-order valence-corrected chi connectivity index (χ3v) is 8.53. The number of hydrogen-bond donors (Lipinski definition) is 3. The van der Waals surface area contributed by atoms with E-state index in [2.05, 4.69) is 53.8 Å². The van der Waals surface area contributed by atoms with Gasteiger partial charge in [0.2, 0.25) is 17.7 Å². The van der Waals surface area contributed by atoms with Crippen molar-refractivity contribution in [3.05, 3.63) is 40.9 Å². The molecule has 0 aliphatic carbocycles. The number of nitrogens with zero attached hydrogens (tertiary/aromatic N) is 2. The van der Waals surface area contributed by atoms with Crippen molar-refractivity contribution in [1.82, 2.24) is 25.8 Å². The van der Waals surface area contributed by atoms with Gasteiger partial charge in [0.1, 0.15) is 6.04 Å². The first-order valence-electron chi connectivity index (χ1n) is 14.5. The summed E-state index contributed by atoms with van der Waals surface area (Å²) in [6.07, 6.45) is 9.62. The van der Waals surface area contributed by atoms with Crippen molar-refractivity contribution in [2.75, 3.05) is 26.2 Å². The summed E-state index contributed by atoms with van der Waals surface area (Å²) in [5.74, 6) is -0.461. The number of nitrogens with one attached hydrogen (secondary N) is 3. The number of aromatic nitrogens is 1. The Morgan fingerprint density at radius 3 is 2.56 bits per heavy atom. The first kappa shape index (κ1) is 30.8. The van der Waals surface area contributed by atoms with E-state index in [1.807, 2.05) is 12.1 Å². The maximum atomic E-state index is 13.5. The average molecular weight is 556 g/mol. The Hall–Kier alpha value is -2.78. The van der Waals surface area contributed by atoms with Crippen LogP contribution >= 0.6 is 11.3 Å². The largest absolute Gasteiger partial charge is 0.350 e. The Balaban J connectivity index is 1.63. The lowest BCUT2D eigenvalue weighted by molar-refractivity contribution is -0.129. The van der Waals surface area contributed by atoms with E-state index in [1.54, 1.807) is 24.3 Å². The van der Waals surface area contributed by atoms with E-state index in [0.29, 0.717) is 13.0 Å². The molecule has 0 unspecified atom stereocenters. The molecule has 2 aromatic rings. The number of rotatable bonds is 14. The number of piperidine rings is 1. The van der Waals surface area contributed by atoms with Gasteiger partial charge in [0.25, 0.3) is 0 Å². The molecule has 3 amide bonds. The number of fused-ring (bicyclic) bond motifs is 1. The van der Waals surface area contributed by atoms with E-state index in [9.17, 15) is 14.4 Å². The van der Waals surface area contributed by atoms with E-state index in [4.69, 9.17) is 4.98 Å². The molecule has 1 aliphatic heterocycles. The van der Waals surface area contributed by atoms with Crippen molar-refractivity contribution >= 4 is 39.3 Å². The quantitative estimate of drug-likeness (QED) is 0.306. The fourth-order valence-corrected chi connectivity index (χ4v) is 5.76. The number of hydrogen-bond acceptors (Lipinski definition) is 6. The molecule has 1 fully saturated rings. The fraction of sp³-hybridized carbons (Fsp3) is 0.600. The van der Waals surface area contributed by atoms with Gasteiger partial charge in [-0.2, -0.15) is 0 Å². The SMILES string of the molecule is CCC(=O)N[C@@H](Cc1nc2ccc(CC)cc2s1)C(=O)N[C@H](CNC(=O)/C=C/CN1CCCCC1)[C@@H](C)CC. The average Bonchev–Trinajstić information content (AvgIpc) is 3.36. The van der Waals surface area contributed by atoms with Crippen molar-refractivity contribution < 1.29 is 14.4 Å². The van der Waals surface area contributed by atoms with Crippen LogP contribution in [-0.2, 0) is 27.2 Å². The molecule has 1 aromatic carbocycles. The molecule has 0 spiro atoms. The first-order valence-corrected chi connectivity index (χ1v) is 15.3. The summed E-state index contributed by atoms with van der Waals surface area (Å²) < 4.78 is 1.08. The van der Waals surface area contributed by atoms with Crippen LogP contribution in [0.2, 0.25) is 0 Å². The van der Waals surface area contributed by atoms with E-state index in [1.165, 1.54) is 24.8 Å². The van der Waals surface area contributed by atoms with Crippen LogP contribution in [0.1, 0.15) is 70.4 Å². The molecular formula is C30H45N5O3S. The predicted octanol–water partition coefficient (Wildman–Crippen LogP) is 3.99. The molecule has 2 heterocycles. The number of benzene rings is 1. The molecule has 1 aliphatic rings. The van der Waals surface area contributed by atoms with Gasteiger partial charge < -0.3 is 16.0 Å². The Labute approximate surface area is 237 Å². The van der Waals surface area contributed by atoms with Crippen LogP contribution < -0.4 is 16.0 Å². The van der Waals surface area contributed by atoms with Crippen molar-refractivity contribution in [1.29, 1.82) is 0 Å². The summed E-state index contributed by atoms with van der Waals surface area (Å²) in [4.78, 5) is 45.3. The molecule has 9 heteroatoms. The van der Waals surface area contributed by atoms with Crippen LogP contribution in [-0.4, -0.2) is 65.9 Å². The number of amides is 3. The van der Waals surface area contributed by atoms with Crippen molar-refractivity contribution in [2.45, 2.75) is 84.7 Å².